The Balaban J connectivity index is 0.789. The predicted molar refractivity (Wildman–Crippen MR) is 378 cm³/mol. The standard InChI is InChI=1S/C80H45N5S3/c1-7-25-64-53(19-1)56-36-40-70-73(59-22-4-10-28-67(59)86-70)77(56)83(64)50-34-31-46(32-35-50)80-81-63-39-33-48(47-15-13-17-51(43-47)84-65-26-8-2-20-54(65)57-37-41-71-74(78(57)84)60-23-5-11-29-68(60)87-71)45-62(63)76(82-80)49-16-14-18-52(44-49)85-66-27-9-3-21-55(66)58-38-42-72-75(79(58)85)61-24-6-12-30-69(61)88-72/h1-45H. The summed E-state index contributed by atoms with van der Waals surface area (Å²) in [6.45, 7) is 0. The zero-order valence-electron chi connectivity index (χ0n) is 46.9. The van der Waals surface area contributed by atoms with E-state index in [1.807, 2.05) is 34.0 Å². The molecule has 0 N–H and O–H groups in total. The second kappa shape index (κ2) is 18.4. The molecule has 13 aromatic carbocycles. The minimum Gasteiger partial charge on any atom is -0.309 e. The van der Waals surface area contributed by atoms with E-state index in [0.717, 1.165) is 55.9 Å². The largest absolute Gasteiger partial charge is 0.309 e. The molecule has 0 aliphatic carbocycles. The van der Waals surface area contributed by atoms with Gasteiger partial charge in [-0.25, -0.2) is 9.97 Å². The van der Waals surface area contributed by atoms with E-state index in [1.165, 1.54) is 126 Å². The molecule has 8 heteroatoms. The van der Waals surface area contributed by atoms with Gasteiger partial charge in [-0.2, -0.15) is 0 Å². The van der Waals surface area contributed by atoms with Crippen LogP contribution in [-0.4, -0.2) is 23.7 Å². The highest BCUT2D eigenvalue weighted by molar-refractivity contribution is 7.26. The van der Waals surface area contributed by atoms with Crippen molar-refractivity contribution in [2.75, 3.05) is 0 Å². The van der Waals surface area contributed by atoms with Crippen LogP contribution < -0.4 is 0 Å². The van der Waals surface area contributed by atoms with E-state index in [0.29, 0.717) is 5.82 Å². The number of fused-ring (bicyclic) bond motifs is 22. The zero-order valence-corrected chi connectivity index (χ0v) is 49.4. The lowest BCUT2D eigenvalue weighted by atomic mass is 9.99. The molecule has 408 valence electrons. The Morgan fingerprint density at radius 2 is 0.636 bits per heavy atom. The van der Waals surface area contributed by atoms with Gasteiger partial charge in [-0.05, 0) is 126 Å². The van der Waals surface area contributed by atoms with E-state index in [2.05, 4.69) is 287 Å². The van der Waals surface area contributed by atoms with Gasteiger partial charge in [0, 0.05) is 126 Å². The van der Waals surface area contributed by atoms with Gasteiger partial charge in [0.2, 0.25) is 0 Å². The quantitative estimate of drug-likeness (QED) is 0.166. The maximum absolute atomic E-state index is 5.71. The van der Waals surface area contributed by atoms with E-state index in [1.54, 1.807) is 0 Å². The number of thiophene rings is 3. The number of hydrogen-bond acceptors (Lipinski definition) is 5. The van der Waals surface area contributed by atoms with Crippen molar-refractivity contribution in [3.05, 3.63) is 273 Å². The molecule has 0 saturated carbocycles. The molecule has 0 bridgehead atoms. The minimum absolute atomic E-state index is 0.671. The lowest BCUT2D eigenvalue weighted by molar-refractivity contribution is 1.17. The van der Waals surface area contributed by atoms with Crippen LogP contribution in [0.4, 0.5) is 0 Å². The maximum Gasteiger partial charge on any atom is 0.160 e. The van der Waals surface area contributed by atoms with Crippen LogP contribution in [0.2, 0.25) is 0 Å². The highest BCUT2D eigenvalue weighted by atomic mass is 32.1. The first kappa shape index (κ1) is 48.5. The van der Waals surface area contributed by atoms with Crippen molar-refractivity contribution in [1.82, 2.24) is 23.7 Å². The van der Waals surface area contributed by atoms with Gasteiger partial charge in [0.15, 0.2) is 5.82 Å². The van der Waals surface area contributed by atoms with Crippen molar-refractivity contribution in [2.24, 2.45) is 0 Å². The highest BCUT2D eigenvalue weighted by Gasteiger charge is 2.23. The fourth-order valence-electron chi connectivity index (χ4n) is 14.6. The van der Waals surface area contributed by atoms with E-state index in [4.69, 9.17) is 9.97 Å². The molecule has 20 rings (SSSR count). The van der Waals surface area contributed by atoms with Gasteiger partial charge in [0.25, 0.3) is 0 Å². The summed E-state index contributed by atoms with van der Waals surface area (Å²) in [5.41, 5.74) is 16.4. The van der Waals surface area contributed by atoms with Crippen LogP contribution in [0.3, 0.4) is 0 Å². The van der Waals surface area contributed by atoms with Gasteiger partial charge >= 0.3 is 0 Å². The summed E-state index contributed by atoms with van der Waals surface area (Å²) in [5.74, 6) is 0.671. The Kier molecular flexibility index (Phi) is 10.1. The van der Waals surface area contributed by atoms with Crippen molar-refractivity contribution in [3.8, 4) is 50.8 Å². The van der Waals surface area contributed by atoms with Crippen LogP contribution in [0.15, 0.2) is 273 Å². The SMILES string of the molecule is c1cc(-c2ccc3nc(-c4ccc(-n5c6ccccc6c6ccc7sc8ccccc8c7c65)cc4)nc(-c4cccc(-n5c6ccccc6c6ccc7sc8ccccc8c7c65)c4)c3c2)cc(-n2c3ccccc3c3ccc4sc5ccccc5c4c32)c1. The lowest BCUT2D eigenvalue weighted by Gasteiger charge is -2.15. The number of nitrogens with zero attached hydrogens (tertiary/aromatic N) is 5. The lowest BCUT2D eigenvalue weighted by Crippen LogP contribution is -1.99. The Labute approximate surface area is 514 Å². The van der Waals surface area contributed by atoms with Gasteiger partial charge in [-0.1, -0.05) is 158 Å². The first-order valence-electron chi connectivity index (χ1n) is 29.8. The molecule has 0 aliphatic heterocycles. The Hall–Kier alpha value is -10.7. The van der Waals surface area contributed by atoms with E-state index >= 15 is 0 Å². The molecule has 0 saturated heterocycles. The van der Waals surface area contributed by atoms with E-state index < -0.39 is 0 Å². The van der Waals surface area contributed by atoms with Crippen LogP contribution in [0.1, 0.15) is 0 Å². The van der Waals surface area contributed by atoms with Gasteiger partial charge < -0.3 is 13.7 Å². The molecule has 20 aromatic rings. The molecule has 0 radical (unpaired) electrons. The van der Waals surface area contributed by atoms with Crippen molar-refractivity contribution >= 4 is 171 Å². The molecule has 0 aliphatic rings. The molecule has 0 atom stereocenters. The zero-order chi connectivity index (χ0) is 57.3. The summed E-state index contributed by atoms with van der Waals surface area (Å²) in [6.07, 6.45) is 0. The summed E-state index contributed by atoms with van der Waals surface area (Å²) in [4.78, 5) is 11.2. The molecule has 5 nitrogen and oxygen atoms in total. The smallest absolute Gasteiger partial charge is 0.160 e. The topological polar surface area (TPSA) is 40.6 Å². The molecule has 0 spiro atoms. The van der Waals surface area contributed by atoms with Gasteiger partial charge in [-0.15, -0.1) is 34.0 Å². The first-order valence-corrected chi connectivity index (χ1v) is 32.2. The molecular formula is C80H45N5S3. The van der Waals surface area contributed by atoms with Gasteiger partial charge in [-0.3, -0.25) is 0 Å². The van der Waals surface area contributed by atoms with Gasteiger partial charge in [0.05, 0.1) is 44.3 Å². The molecule has 7 heterocycles. The Morgan fingerprint density at radius 3 is 1.12 bits per heavy atom. The second-order valence-electron chi connectivity index (χ2n) is 23.1. The molecule has 0 fully saturated rings. The van der Waals surface area contributed by atoms with Crippen molar-refractivity contribution < 1.29 is 0 Å². The average molecular weight is 1170 g/mol. The fourth-order valence-corrected chi connectivity index (χ4v) is 18.0. The van der Waals surface area contributed by atoms with Crippen LogP contribution in [-0.2, 0) is 0 Å². The third-order valence-electron chi connectivity index (χ3n) is 18.4. The fraction of sp³-hybridized carbons (Fsp3) is 0. The van der Waals surface area contributed by atoms with Crippen LogP contribution in [0, 0.1) is 0 Å². The van der Waals surface area contributed by atoms with Crippen LogP contribution in [0.5, 0.6) is 0 Å². The molecular weight excluding hydrogens is 1130 g/mol. The number of rotatable bonds is 6. The normalized spacial score (nSPS) is 12.3. The Morgan fingerprint density at radius 1 is 0.239 bits per heavy atom. The van der Waals surface area contributed by atoms with Crippen molar-refractivity contribution in [1.29, 1.82) is 0 Å². The highest BCUT2D eigenvalue weighted by Crippen LogP contribution is 2.48. The summed E-state index contributed by atoms with van der Waals surface area (Å²) in [7, 11) is 0. The summed E-state index contributed by atoms with van der Waals surface area (Å²) in [6, 6.07) is 101. The number of benzene rings is 13. The van der Waals surface area contributed by atoms with E-state index in [9.17, 15) is 0 Å². The Bertz CT molecular complexity index is 6380. The first-order chi connectivity index (χ1) is 43.6. The van der Waals surface area contributed by atoms with Crippen molar-refractivity contribution in [3.63, 3.8) is 0 Å². The third-order valence-corrected chi connectivity index (χ3v) is 21.8. The van der Waals surface area contributed by atoms with Crippen molar-refractivity contribution in [2.45, 2.75) is 0 Å². The summed E-state index contributed by atoms with van der Waals surface area (Å²) < 4.78 is 15.2. The maximum atomic E-state index is 5.71. The number of aromatic nitrogens is 5. The third kappa shape index (κ3) is 6.90. The van der Waals surface area contributed by atoms with E-state index in [-0.39, 0.29) is 0 Å². The van der Waals surface area contributed by atoms with Crippen LogP contribution >= 0.6 is 34.0 Å². The monoisotopic (exact) mass is 1170 g/mol. The molecule has 0 amide bonds. The second-order valence-corrected chi connectivity index (χ2v) is 26.4. The van der Waals surface area contributed by atoms with Gasteiger partial charge in [0.1, 0.15) is 0 Å². The molecule has 7 aromatic heterocycles. The minimum atomic E-state index is 0.671. The average Bonchev–Trinajstić information content (AvgIpc) is 1.70. The molecule has 88 heavy (non-hydrogen) atoms. The number of hydrogen-bond donors (Lipinski definition) is 0. The predicted octanol–water partition coefficient (Wildman–Crippen LogP) is 23.0. The van der Waals surface area contributed by atoms with Crippen LogP contribution in [0.25, 0.3) is 188 Å². The number of para-hydroxylation sites is 3. The molecule has 0 unspecified atom stereocenters. The summed E-state index contributed by atoms with van der Waals surface area (Å²) >= 11 is 5.59. The summed E-state index contributed by atoms with van der Waals surface area (Å²) in [5, 5.41) is 16.2.